The van der Waals surface area contributed by atoms with Crippen molar-refractivity contribution in [3.8, 4) is 0 Å². The molecule has 2 heterocycles. The van der Waals surface area contributed by atoms with Gasteiger partial charge in [-0.3, -0.25) is 14.6 Å². The predicted molar refractivity (Wildman–Crippen MR) is 76.8 cm³/mol. The molecule has 110 valence electrons. The zero-order valence-corrected chi connectivity index (χ0v) is 12.0. The van der Waals surface area contributed by atoms with E-state index in [1.165, 1.54) is 9.47 Å². The number of carbonyl (C=O) groups excluding carboxylic acids is 1. The second kappa shape index (κ2) is 6.21. The van der Waals surface area contributed by atoms with E-state index in [-0.39, 0.29) is 12.5 Å². The molecule has 0 unspecified atom stereocenters. The minimum absolute atomic E-state index is 0.232. The van der Waals surface area contributed by atoms with Crippen molar-refractivity contribution in [1.29, 1.82) is 0 Å². The Kier molecular flexibility index (Phi) is 4.37. The molecule has 0 saturated heterocycles. The molecule has 2 rings (SSSR count). The molecule has 1 amide bonds. The Morgan fingerprint density at radius 2 is 2.05 bits per heavy atom. The summed E-state index contributed by atoms with van der Waals surface area (Å²) in [7, 11) is 1.67. The van der Waals surface area contributed by atoms with E-state index in [0.717, 1.165) is 11.4 Å². The number of carboxylic acids is 1. The summed E-state index contributed by atoms with van der Waals surface area (Å²) in [6.07, 6.45) is 1.58. The lowest BCUT2D eigenvalue weighted by Crippen LogP contribution is -2.29. The number of aryl methyl sites for hydroxylation is 1. The molecule has 0 aliphatic heterocycles. The van der Waals surface area contributed by atoms with Gasteiger partial charge in [-0.1, -0.05) is 6.07 Å². The van der Waals surface area contributed by atoms with Gasteiger partial charge in [0.1, 0.15) is 12.2 Å². The normalized spacial score (nSPS) is 10.4. The van der Waals surface area contributed by atoms with Crippen LogP contribution < -0.4 is 0 Å². The van der Waals surface area contributed by atoms with Crippen molar-refractivity contribution < 1.29 is 14.7 Å². The van der Waals surface area contributed by atoms with Crippen molar-refractivity contribution in [2.45, 2.75) is 20.0 Å². The van der Waals surface area contributed by atoms with Gasteiger partial charge in [0.25, 0.3) is 5.91 Å². The first-order valence-electron chi connectivity index (χ1n) is 6.52. The van der Waals surface area contributed by atoms with E-state index in [9.17, 15) is 9.59 Å². The average molecular weight is 287 g/mol. The minimum atomic E-state index is -0.983. The summed E-state index contributed by atoms with van der Waals surface area (Å²) in [4.78, 5) is 29.0. The largest absolute Gasteiger partial charge is 0.480 e. The van der Waals surface area contributed by atoms with Crippen molar-refractivity contribution >= 4 is 11.9 Å². The smallest absolute Gasteiger partial charge is 0.323 e. The SMILES string of the molecule is Cc1cccc(CN(C)C(=O)c2cccn2CC(=O)O)n1. The fourth-order valence-electron chi connectivity index (χ4n) is 2.09. The topological polar surface area (TPSA) is 75.4 Å². The molecule has 6 heteroatoms. The maximum absolute atomic E-state index is 12.4. The maximum atomic E-state index is 12.4. The summed E-state index contributed by atoms with van der Waals surface area (Å²) in [5.41, 5.74) is 2.04. The molecule has 0 radical (unpaired) electrons. The Labute approximate surface area is 122 Å². The first-order chi connectivity index (χ1) is 9.97. The van der Waals surface area contributed by atoms with Gasteiger partial charge in [-0.2, -0.15) is 0 Å². The second-order valence-corrected chi connectivity index (χ2v) is 4.85. The van der Waals surface area contributed by atoms with Gasteiger partial charge in [-0.25, -0.2) is 0 Å². The molecule has 0 aliphatic carbocycles. The molecule has 6 nitrogen and oxygen atoms in total. The van der Waals surface area contributed by atoms with Crippen LogP contribution in [0.1, 0.15) is 21.9 Å². The monoisotopic (exact) mass is 287 g/mol. The van der Waals surface area contributed by atoms with E-state index in [2.05, 4.69) is 4.98 Å². The van der Waals surface area contributed by atoms with Gasteiger partial charge < -0.3 is 14.6 Å². The summed E-state index contributed by atoms with van der Waals surface area (Å²) in [5.74, 6) is -1.21. The molecule has 0 aliphatic rings. The van der Waals surface area contributed by atoms with Crippen LogP contribution in [0.5, 0.6) is 0 Å². The highest BCUT2D eigenvalue weighted by Gasteiger charge is 2.17. The highest BCUT2D eigenvalue weighted by Crippen LogP contribution is 2.09. The second-order valence-electron chi connectivity index (χ2n) is 4.85. The molecule has 0 bridgehead atoms. The van der Waals surface area contributed by atoms with E-state index in [4.69, 9.17) is 5.11 Å². The summed E-state index contributed by atoms with van der Waals surface area (Å²) in [6.45, 7) is 2.03. The molecule has 0 fully saturated rings. The third-order valence-corrected chi connectivity index (χ3v) is 3.05. The standard InChI is InChI=1S/C15H17N3O3/c1-11-5-3-6-12(16-11)9-17(2)15(21)13-7-4-8-18(13)10-14(19)20/h3-8H,9-10H2,1-2H3,(H,19,20). The van der Waals surface area contributed by atoms with Crippen LogP contribution in [0.25, 0.3) is 0 Å². The molecule has 2 aromatic rings. The summed E-state index contributed by atoms with van der Waals surface area (Å²) < 4.78 is 1.42. The number of carboxylic acid groups (broad SMARTS) is 1. The molecular formula is C15H17N3O3. The number of hydrogen-bond donors (Lipinski definition) is 1. The van der Waals surface area contributed by atoms with Crippen LogP contribution in [0.15, 0.2) is 36.5 Å². The quantitative estimate of drug-likeness (QED) is 0.905. The van der Waals surface area contributed by atoms with E-state index in [1.54, 1.807) is 25.4 Å². The van der Waals surface area contributed by atoms with Crippen LogP contribution in [0.3, 0.4) is 0 Å². The van der Waals surface area contributed by atoms with Crippen molar-refractivity contribution in [1.82, 2.24) is 14.5 Å². The fraction of sp³-hybridized carbons (Fsp3) is 0.267. The van der Waals surface area contributed by atoms with Crippen LogP contribution in [0.4, 0.5) is 0 Å². The van der Waals surface area contributed by atoms with Crippen LogP contribution in [-0.4, -0.2) is 38.5 Å². The lowest BCUT2D eigenvalue weighted by atomic mass is 10.3. The van der Waals surface area contributed by atoms with Gasteiger partial charge in [-0.05, 0) is 31.2 Å². The van der Waals surface area contributed by atoms with Crippen LogP contribution in [0.2, 0.25) is 0 Å². The highest BCUT2D eigenvalue weighted by atomic mass is 16.4. The Balaban J connectivity index is 2.12. The van der Waals surface area contributed by atoms with Gasteiger partial charge in [0.2, 0.25) is 0 Å². The van der Waals surface area contributed by atoms with Crippen LogP contribution >= 0.6 is 0 Å². The zero-order valence-electron chi connectivity index (χ0n) is 12.0. The first-order valence-corrected chi connectivity index (χ1v) is 6.52. The van der Waals surface area contributed by atoms with Gasteiger partial charge in [0.15, 0.2) is 0 Å². The molecule has 21 heavy (non-hydrogen) atoms. The van der Waals surface area contributed by atoms with Crippen molar-refractivity contribution in [2.75, 3.05) is 7.05 Å². The molecule has 0 spiro atoms. The first kappa shape index (κ1) is 14.8. The number of pyridine rings is 1. The third kappa shape index (κ3) is 3.68. The number of carbonyl (C=O) groups is 2. The molecular weight excluding hydrogens is 270 g/mol. The Morgan fingerprint density at radius 1 is 1.29 bits per heavy atom. The number of aliphatic carboxylic acids is 1. The van der Waals surface area contributed by atoms with E-state index < -0.39 is 5.97 Å². The number of nitrogens with zero attached hydrogens (tertiary/aromatic N) is 3. The number of aromatic nitrogens is 2. The maximum Gasteiger partial charge on any atom is 0.323 e. The highest BCUT2D eigenvalue weighted by molar-refractivity contribution is 5.92. The van der Waals surface area contributed by atoms with Crippen molar-refractivity contribution in [3.63, 3.8) is 0 Å². The molecule has 0 saturated carbocycles. The Bertz CT molecular complexity index is 664. The third-order valence-electron chi connectivity index (χ3n) is 3.05. The minimum Gasteiger partial charge on any atom is -0.480 e. The zero-order chi connectivity index (χ0) is 15.4. The average Bonchev–Trinajstić information content (AvgIpc) is 2.85. The number of hydrogen-bond acceptors (Lipinski definition) is 3. The molecule has 2 aromatic heterocycles. The van der Waals surface area contributed by atoms with Crippen molar-refractivity contribution in [2.24, 2.45) is 0 Å². The lowest BCUT2D eigenvalue weighted by Gasteiger charge is -2.18. The Morgan fingerprint density at radius 3 is 2.71 bits per heavy atom. The number of amides is 1. The van der Waals surface area contributed by atoms with E-state index in [1.807, 2.05) is 25.1 Å². The molecule has 1 N–H and O–H groups in total. The fourth-order valence-corrected chi connectivity index (χ4v) is 2.09. The lowest BCUT2D eigenvalue weighted by molar-refractivity contribution is -0.137. The summed E-state index contributed by atoms with van der Waals surface area (Å²) >= 11 is 0. The molecule has 0 atom stereocenters. The summed E-state index contributed by atoms with van der Waals surface area (Å²) in [6, 6.07) is 8.92. The van der Waals surface area contributed by atoms with E-state index >= 15 is 0 Å². The van der Waals surface area contributed by atoms with Crippen LogP contribution in [0, 0.1) is 6.92 Å². The van der Waals surface area contributed by atoms with Gasteiger partial charge in [0.05, 0.1) is 12.2 Å². The van der Waals surface area contributed by atoms with Crippen LogP contribution in [-0.2, 0) is 17.9 Å². The van der Waals surface area contributed by atoms with Gasteiger partial charge >= 0.3 is 5.97 Å². The van der Waals surface area contributed by atoms with Crippen molar-refractivity contribution in [3.05, 3.63) is 53.6 Å². The molecule has 0 aromatic carbocycles. The summed E-state index contributed by atoms with van der Waals surface area (Å²) in [5, 5.41) is 8.84. The predicted octanol–water partition coefficient (Wildman–Crippen LogP) is 1.55. The van der Waals surface area contributed by atoms with Gasteiger partial charge in [-0.15, -0.1) is 0 Å². The van der Waals surface area contributed by atoms with E-state index in [0.29, 0.717) is 12.2 Å². The Hall–Kier alpha value is -2.63. The number of rotatable bonds is 5. The van der Waals surface area contributed by atoms with Gasteiger partial charge in [0, 0.05) is 18.9 Å².